The van der Waals surface area contributed by atoms with Gasteiger partial charge < -0.3 is 19.9 Å². The highest BCUT2D eigenvalue weighted by Gasteiger charge is 2.25. The molecule has 0 radical (unpaired) electrons. The molecule has 1 saturated heterocycles. The van der Waals surface area contributed by atoms with Gasteiger partial charge in [-0.2, -0.15) is 0 Å². The van der Waals surface area contributed by atoms with E-state index in [0.717, 1.165) is 25.9 Å². The van der Waals surface area contributed by atoms with Gasteiger partial charge in [0.05, 0.1) is 18.4 Å². The van der Waals surface area contributed by atoms with E-state index in [1.54, 1.807) is 36.3 Å². The fourth-order valence-electron chi connectivity index (χ4n) is 3.68. The average molecular weight is 411 g/mol. The van der Waals surface area contributed by atoms with Crippen molar-refractivity contribution in [2.24, 2.45) is 0 Å². The molecule has 8 heteroatoms. The third kappa shape index (κ3) is 4.59. The van der Waals surface area contributed by atoms with Crippen LogP contribution in [-0.2, 0) is 4.79 Å². The molecule has 0 aromatic heterocycles. The molecular weight excluding hydrogens is 385 g/mol. The minimum absolute atomic E-state index is 0.115. The number of nitrogens with zero attached hydrogens (tertiary/aromatic N) is 3. The van der Waals surface area contributed by atoms with Crippen molar-refractivity contribution in [3.63, 3.8) is 0 Å². The summed E-state index contributed by atoms with van der Waals surface area (Å²) in [5, 5.41) is 4.82. The number of piperidine rings is 1. The fourth-order valence-corrected chi connectivity index (χ4v) is 3.68. The first-order valence-corrected chi connectivity index (χ1v) is 10.1. The molecule has 0 spiro atoms. The standard InChI is InChI=1S/C22H26FN5O2/c1-17(29)26-13-8-18(9-14-26)27-15-10-24-21(16-27)30-20-7-5-6-19(22(20)23)25-28-11-3-2-4-12-28/h2-7,10-11,15-16,18,24-25H,8-9,12-14H2,1H3. The summed E-state index contributed by atoms with van der Waals surface area (Å²) in [6.45, 7) is 3.73. The number of hydrogen-bond donors (Lipinski definition) is 2. The number of carbonyl (C=O) groups is 1. The maximum Gasteiger partial charge on any atom is 0.219 e. The number of nitrogens with one attached hydrogen (secondary N) is 2. The van der Waals surface area contributed by atoms with Crippen molar-refractivity contribution in [1.29, 1.82) is 0 Å². The predicted octanol–water partition coefficient (Wildman–Crippen LogP) is 3.10. The quantitative estimate of drug-likeness (QED) is 0.777. The van der Waals surface area contributed by atoms with Gasteiger partial charge in [0, 0.05) is 44.7 Å². The van der Waals surface area contributed by atoms with Crippen LogP contribution in [0.5, 0.6) is 5.75 Å². The van der Waals surface area contributed by atoms with E-state index in [4.69, 9.17) is 4.74 Å². The zero-order valence-corrected chi connectivity index (χ0v) is 16.9. The third-order valence-electron chi connectivity index (χ3n) is 5.33. The molecule has 158 valence electrons. The van der Waals surface area contributed by atoms with Gasteiger partial charge in [0.15, 0.2) is 11.6 Å². The highest BCUT2D eigenvalue weighted by atomic mass is 19.1. The van der Waals surface area contributed by atoms with Crippen LogP contribution in [-0.4, -0.2) is 46.4 Å². The van der Waals surface area contributed by atoms with Crippen molar-refractivity contribution < 1.29 is 13.9 Å². The molecule has 1 aromatic carbocycles. The molecule has 2 N–H and O–H groups in total. The number of benzene rings is 1. The zero-order chi connectivity index (χ0) is 20.9. The van der Waals surface area contributed by atoms with Crippen LogP contribution in [0.3, 0.4) is 0 Å². The van der Waals surface area contributed by atoms with Crippen molar-refractivity contribution in [3.05, 3.63) is 72.9 Å². The summed E-state index contributed by atoms with van der Waals surface area (Å²) in [5.74, 6) is 0.239. The topological polar surface area (TPSA) is 60.1 Å². The molecule has 0 aliphatic carbocycles. The largest absolute Gasteiger partial charge is 0.436 e. The number of carbonyl (C=O) groups excluding carboxylic acids is 1. The van der Waals surface area contributed by atoms with E-state index in [9.17, 15) is 9.18 Å². The van der Waals surface area contributed by atoms with E-state index < -0.39 is 5.82 Å². The van der Waals surface area contributed by atoms with Crippen molar-refractivity contribution >= 4 is 11.6 Å². The molecule has 1 fully saturated rings. The molecule has 3 aliphatic heterocycles. The average Bonchev–Trinajstić information content (AvgIpc) is 2.77. The Balaban J connectivity index is 1.41. The summed E-state index contributed by atoms with van der Waals surface area (Å²) >= 11 is 0. The summed E-state index contributed by atoms with van der Waals surface area (Å²) in [6, 6.07) is 5.29. The number of amides is 1. The second-order valence-corrected chi connectivity index (χ2v) is 7.39. The molecule has 0 atom stereocenters. The number of allylic oxidation sites excluding steroid dienone is 2. The maximum absolute atomic E-state index is 15.0. The summed E-state index contributed by atoms with van der Waals surface area (Å²) in [6.07, 6.45) is 14.9. The monoisotopic (exact) mass is 411 g/mol. The fraction of sp³-hybridized carbons (Fsp3) is 0.318. The Morgan fingerprint density at radius 2 is 2.07 bits per heavy atom. The van der Waals surface area contributed by atoms with Crippen LogP contribution in [0, 0.1) is 5.82 Å². The van der Waals surface area contributed by atoms with Crippen molar-refractivity contribution in [2.45, 2.75) is 25.8 Å². The Morgan fingerprint density at radius 3 is 2.80 bits per heavy atom. The lowest BCUT2D eigenvalue weighted by Gasteiger charge is -2.37. The Hall–Kier alpha value is -3.42. The van der Waals surface area contributed by atoms with Crippen LogP contribution in [0.15, 0.2) is 67.1 Å². The summed E-state index contributed by atoms with van der Waals surface area (Å²) in [4.78, 5) is 15.5. The lowest BCUT2D eigenvalue weighted by Crippen LogP contribution is -2.44. The lowest BCUT2D eigenvalue weighted by molar-refractivity contribution is -0.130. The Labute approximate surface area is 175 Å². The number of hydrazine groups is 1. The minimum Gasteiger partial charge on any atom is -0.436 e. The van der Waals surface area contributed by atoms with Gasteiger partial charge in [0.25, 0.3) is 0 Å². The molecule has 3 aliphatic rings. The Morgan fingerprint density at radius 1 is 1.23 bits per heavy atom. The third-order valence-corrected chi connectivity index (χ3v) is 5.33. The highest BCUT2D eigenvalue weighted by molar-refractivity contribution is 5.73. The van der Waals surface area contributed by atoms with E-state index in [0.29, 0.717) is 18.1 Å². The number of ether oxygens (including phenoxy) is 1. The number of halogens is 1. The van der Waals surface area contributed by atoms with Gasteiger partial charge in [-0.15, -0.1) is 0 Å². The predicted molar refractivity (Wildman–Crippen MR) is 113 cm³/mol. The van der Waals surface area contributed by atoms with E-state index in [1.807, 2.05) is 41.7 Å². The first kappa shape index (κ1) is 19.9. The molecule has 7 nitrogen and oxygen atoms in total. The second-order valence-electron chi connectivity index (χ2n) is 7.39. The molecule has 0 unspecified atom stereocenters. The molecule has 1 aromatic rings. The maximum atomic E-state index is 15.0. The van der Waals surface area contributed by atoms with Gasteiger partial charge in [-0.3, -0.25) is 15.2 Å². The van der Waals surface area contributed by atoms with Crippen LogP contribution >= 0.6 is 0 Å². The van der Waals surface area contributed by atoms with E-state index in [1.165, 1.54) is 0 Å². The normalized spacial score (nSPS) is 18.9. The van der Waals surface area contributed by atoms with Gasteiger partial charge in [0.1, 0.15) is 0 Å². The molecule has 3 heterocycles. The van der Waals surface area contributed by atoms with Gasteiger partial charge in [-0.1, -0.05) is 18.2 Å². The summed E-state index contributed by atoms with van der Waals surface area (Å²) in [5.41, 5.74) is 3.38. The second kappa shape index (κ2) is 8.94. The van der Waals surface area contributed by atoms with Gasteiger partial charge in [-0.05, 0) is 31.1 Å². The molecule has 1 amide bonds. The van der Waals surface area contributed by atoms with Crippen molar-refractivity contribution in [1.82, 2.24) is 20.1 Å². The molecule has 30 heavy (non-hydrogen) atoms. The van der Waals surface area contributed by atoms with Crippen LogP contribution in [0.1, 0.15) is 19.8 Å². The number of anilines is 1. The van der Waals surface area contributed by atoms with Crippen LogP contribution in [0.4, 0.5) is 10.1 Å². The van der Waals surface area contributed by atoms with E-state index in [-0.39, 0.29) is 17.7 Å². The highest BCUT2D eigenvalue weighted by Crippen LogP contribution is 2.27. The molecule has 4 rings (SSSR count). The number of likely N-dealkylation sites (tertiary alicyclic amines) is 1. The Bertz CT molecular complexity index is 903. The van der Waals surface area contributed by atoms with Crippen LogP contribution in [0.25, 0.3) is 0 Å². The van der Waals surface area contributed by atoms with Gasteiger partial charge in [0.2, 0.25) is 11.8 Å². The number of rotatable bonds is 5. The Kier molecular flexibility index (Phi) is 5.92. The van der Waals surface area contributed by atoms with Gasteiger partial charge >= 0.3 is 0 Å². The summed E-state index contributed by atoms with van der Waals surface area (Å²) in [7, 11) is 0. The molecular formula is C22H26FN5O2. The zero-order valence-electron chi connectivity index (χ0n) is 16.9. The first-order chi connectivity index (χ1) is 14.6. The van der Waals surface area contributed by atoms with Crippen LogP contribution < -0.4 is 15.5 Å². The molecule has 0 saturated carbocycles. The first-order valence-electron chi connectivity index (χ1n) is 10.1. The van der Waals surface area contributed by atoms with Crippen molar-refractivity contribution in [2.75, 3.05) is 25.1 Å². The lowest BCUT2D eigenvalue weighted by atomic mass is 10.0. The SMILES string of the molecule is CC(=O)N1CCC(N2C=CNC(Oc3cccc(NN4C=CC=CC4)c3F)=C2)CC1. The molecule has 0 bridgehead atoms. The van der Waals surface area contributed by atoms with E-state index >= 15 is 0 Å². The minimum atomic E-state index is -0.459. The summed E-state index contributed by atoms with van der Waals surface area (Å²) < 4.78 is 20.8. The number of hydrogen-bond acceptors (Lipinski definition) is 6. The smallest absolute Gasteiger partial charge is 0.219 e. The van der Waals surface area contributed by atoms with E-state index in [2.05, 4.69) is 15.6 Å². The van der Waals surface area contributed by atoms with Crippen LogP contribution in [0.2, 0.25) is 0 Å². The van der Waals surface area contributed by atoms with Gasteiger partial charge in [-0.25, -0.2) is 4.39 Å². The van der Waals surface area contributed by atoms with Crippen molar-refractivity contribution in [3.8, 4) is 5.75 Å².